The standard InChI is InChI=1S/C18H19NO4/c1-2-6-17(20)15-9-10-18(16(13-15)19(21)22)23-12-11-14-7-4-3-5-8-14/h3-5,7-10,13H,2,6,11-12H2,1H3. The van der Waals surface area contributed by atoms with Crippen LogP contribution < -0.4 is 4.74 Å². The number of nitrogens with zero attached hydrogens (tertiary/aromatic N) is 1. The first-order chi connectivity index (χ1) is 11.1. The van der Waals surface area contributed by atoms with Crippen molar-refractivity contribution in [1.82, 2.24) is 0 Å². The molecule has 0 bridgehead atoms. The fraction of sp³-hybridized carbons (Fsp3) is 0.278. The zero-order chi connectivity index (χ0) is 16.7. The maximum Gasteiger partial charge on any atom is 0.311 e. The molecule has 0 fully saturated rings. The van der Waals surface area contributed by atoms with Crippen LogP contribution in [0, 0.1) is 10.1 Å². The number of nitro benzene ring substituents is 1. The fourth-order valence-electron chi connectivity index (χ4n) is 2.25. The molecule has 0 aliphatic carbocycles. The van der Waals surface area contributed by atoms with E-state index in [2.05, 4.69) is 0 Å². The lowest BCUT2D eigenvalue weighted by atomic mass is 10.1. The van der Waals surface area contributed by atoms with Crippen LogP contribution in [0.3, 0.4) is 0 Å². The van der Waals surface area contributed by atoms with Crippen LogP contribution in [0.4, 0.5) is 5.69 Å². The Morgan fingerprint density at radius 3 is 2.57 bits per heavy atom. The Morgan fingerprint density at radius 2 is 1.91 bits per heavy atom. The minimum atomic E-state index is -0.513. The second kappa shape index (κ2) is 8.08. The number of Topliss-reactive ketones (excluding diaryl/α,β-unsaturated/α-hetero) is 1. The Balaban J connectivity index is 2.08. The number of ether oxygens (including phenoxy) is 1. The van der Waals surface area contributed by atoms with E-state index in [1.54, 1.807) is 6.07 Å². The van der Waals surface area contributed by atoms with Crippen LogP contribution in [0.25, 0.3) is 0 Å². The molecule has 0 radical (unpaired) electrons. The highest BCUT2D eigenvalue weighted by atomic mass is 16.6. The second-order valence-corrected chi connectivity index (χ2v) is 5.20. The van der Waals surface area contributed by atoms with E-state index in [0.717, 1.165) is 5.56 Å². The molecule has 2 rings (SSSR count). The molecule has 0 saturated heterocycles. The van der Waals surface area contributed by atoms with Crippen molar-refractivity contribution < 1.29 is 14.5 Å². The summed E-state index contributed by atoms with van der Waals surface area (Å²) in [5, 5.41) is 11.2. The minimum Gasteiger partial charge on any atom is -0.486 e. The van der Waals surface area contributed by atoms with Gasteiger partial charge in [-0.3, -0.25) is 14.9 Å². The monoisotopic (exact) mass is 313 g/mol. The van der Waals surface area contributed by atoms with Gasteiger partial charge in [-0.2, -0.15) is 0 Å². The zero-order valence-electron chi connectivity index (χ0n) is 13.0. The van der Waals surface area contributed by atoms with E-state index < -0.39 is 4.92 Å². The molecular formula is C18H19NO4. The Labute approximate surface area is 135 Å². The van der Waals surface area contributed by atoms with Crippen molar-refractivity contribution in [2.24, 2.45) is 0 Å². The van der Waals surface area contributed by atoms with Crippen LogP contribution in [0.2, 0.25) is 0 Å². The number of rotatable bonds is 8. The number of carbonyl (C=O) groups excluding carboxylic acids is 1. The largest absolute Gasteiger partial charge is 0.486 e. The molecule has 0 aliphatic rings. The average Bonchev–Trinajstić information content (AvgIpc) is 2.56. The van der Waals surface area contributed by atoms with Gasteiger partial charge in [-0.05, 0) is 24.1 Å². The Bertz CT molecular complexity index is 683. The van der Waals surface area contributed by atoms with Crippen molar-refractivity contribution in [3.63, 3.8) is 0 Å². The molecule has 0 atom stereocenters. The van der Waals surface area contributed by atoms with Gasteiger partial charge in [-0.15, -0.1) is 0 Å². The van der Waals surface area contributed by atoms with E-state index >= 15 is 0 Å². The van der Waals surface area contributed by atoms with Gasteiger partial charge in [0.05, 0.1) is 11.5 Å². The molecule has 23 heavy (non-hydrogen) atoms. The molecule has 2 aromatic rings. The number of benzene rings is 2. The van der Waals surface area contributed by atoms with Crippen molar-refractivity contribution in [3.8, 4) is 5.75 Å². The quantitative estimate of drug-likeness (QED) is 0.416. The summed E-state index contributed by atoms with van der Waals surface area (Å²) in [6.07, 6.45) is 1.75. The van der Waals surface area contributed by atoms with Gasteiger partial charge in [0.15, 0.2) is 11.5 Å². The smallest absolute Gasteiger partial charge is 0.311 e. The van der Waals surface area contributed by atoms with Crippen molar-refractivity contribution in [2.45, 2.75) is 26.2 Å². The van der Waals surface area contributed by atoms with Gasteiger partial charge < -0.3 is 4.74 Å². The van der Waals surface area contributed by atoms with Crippen LogP contribution in [-0.2, 0) is 6.42 Å². The van der Waals surface area contributed by atoms with Gasteiger partial charge in [0.25, 0.3) is 0 Å². The first-order valence-electron chi connectivity index (χ1n) is 7.60. The third-order valence-electron chi connectivity index (χ3n) is 3.45. The van der Waals surface area contributed by atoms with E-state index in [1.165, 1.54) is 12.1 Å². The summed E-state index contributed by atoms with van der Waals surface area (Å²) in [5.41, 5.74) is 1.29. The lowest BCUT2D eigenvalue weighted by Gasteiger charge is -2.08. The van der Waals surface area contributed by atoms with Gasteiger partial charge in [-0.25, -0.2) is 0 Å². The van der Waals surface area contributed by atoms with Crippen molar-refractivity contribution in [1.29, 1.82) is 0 Å². The van der Waals surface area contributed by atoms with Crippen molar-refractivity contribution in [3.05, 3.63) is 69.8 Å². The van der Waals surface area contributed by atoms with E-state index in [0.29, 0.717) is 31.4 Å². The molecule has 0 aliphatic heterocycles. The number of carbonyl (C=O) groups is 1. The molecule has 0 aromatic heterocycles. The number of nitro groups is 1. The van der Waals surface area contributed by atoms with E-state index in [-0.39, 0.29) is 17.2 Å². The predicted octanol–water partition coefficient (Wildman–Crippen LogP) is 4.20. The highest BCUT2D eigenvalue weighted by molar-refractivity contribution is 5.96. The van der Waals surface area contributed by atoms with Gasteiger partial charge in [0, 0.05) is 24.5 Å². The van der Waals surface area contributed by atoms with E-state index in [9.17, 15) is 14.9 Å². The number of hydrogen-bond acceptors (Lipinski definition) is 4. The molecule has 0 amide bonds. The second-order valence-electron chi connectivity index (χ2n) is 5.20. The summed E-state index contributed by atoms with van der Waals surface area (Å²) in [6, 6.07) is 14.2. The highest BCUT2D eigenvalue weighted by Crippen LogP contribution is 2.28. The normalized spacial score (nSPS) is 10.3. The van der Waals surface area contributed by atoms with Crippen molar-refractivity contribution in [2.75, 3.05) is 6.61 Å². The van der Waals surface area contributed by atoms with Crippen molar-refractivity contribution >= 4 is 11.5 Å². The minimum absolute atomic E-state index is 0.0913. The maximum atomic E-state index is 11.9. The molecular weight excluding hydrogens is 294 g/mol. The molecule has 120 valence electrons. The third-order valence-corrected chi connectivity index (χ3v) is 3.45. The molecule has 0 unspecified atom stereocenters. The van der Waals surface area contributed by atoms with Crippen LogP contribution in [0.5, 0.6) is 5.75 Å². The van der Waals surface area contributed by atoms with Crippen LogP contribution in [0.15, 0.2) is 48.5 Å². The van der Waals surface area contributed by atoms with Crippen LogP contribution in [-0.4, -0.2) is 17.3 Å². The molecule has 5 nitrogen and oxygen atoms in total. The molecule has 0 heterocycles. The van der Waals surface area contributed by atoms with Crippen LogP contribution in [0.1, 0.15) is 35.7 Å². The average molecular weight is 313 g/mol. The third kappa shape index (κ3) is 4.64. The summed E-state index contributed by atoms with van der Waals surface area (Å²) in [6.45, 7) is 2.24. The molecule has 0 N–H and O–H groups in total. The summed E-state index contributed by atoms with van der Waals surface area (Å²) in [4.78, 5) is 22.6. The number of hydrogen-bond donors (Lipinski definition) is 0. The predicted molar refractivity (Wildman–Crippen MR) is 88.0 cm³/mol. The molecule has 0 spiro atoms. The number of ketones is 1. The van der Waals surface area contributed by atoms with Gasteiger partial charge in [-0.1, -0.05) is 37.3 Å². The van der Waals surface area contributed by atoms with E-state index in [4.69, 9.17) is 4.74 Å². The summed E-state index contributed by atoms with van der Waals surface area (Å²) >= 11 is 0. The highest BCUT2D eigenvalue weighted by Gasteiger charge is 2.18. The summed E-state index contributed by atoms with van der Waals surface area (Å²) in [7, 11) is 0. The van der Waals surface area contributed by atoms with Gasteiger partial charge >= 0.3 is 5.69 Å². The first kappa shape index (κ1) is 16.7. The lowest BCUT2D eigenvalue weighted by molar-refractivity contribution is -0.385. The van der Waals surface area contributed by atoms with Crippen LogP contribution >= 0.6 is 0 Å². The van der Waals surface area contributed by atoms with E-state index in [1.807, 2.05) is 37.3 Å². The summed E-state index contributed by atoms with van der Waals surface area (Å²) < 4.78 is 5.54. The SMILES string of the molecule is CCCC(=O)c1ccc(OCCc2ccccc2)c([N+](=O)[O-])c1. The Hall–Kier alpha value is -2.69. The summed E-state index contributed by atoms with van der Waals surface area (Å²) in [5.74, 6) is 0.102. The molecule has 2 aromatic carbocycles. The molecule has 0 saturated carbocycles. The lowest BCUT2D eigenvalue weighted by Crippen LogP contribution is -2.05. The molecule has 5 heteroatoms. The first-order valence-corrected chi connectivity index (χ1v) is 7.60. The van der Waals surface area contributed by atoms with Gasteiger partial charge in [0.2, 0.25) is 0 Å². The maximum absolute atomic E-state index is 11.9. The fourth-order valence-corrected chi connectivity index (χ4v) is 2.25. The Morgan fingerprint density at radius 1 is 1.17 bits per heavy atom. The zero-order valence-corrected chi connectivity index (χ0v) is 13.0. The van der Waals surface area contributed by atoms with Gasteiger partial charge in [0.1, 0.15) is 0 Å². The Kier molecular flexibility index (Phi) is 5.86. The topological polar surface area (TPSA) is 69.4 Å².